The monoisotopic (exact) mass is 194 g/mol. The molecule has 0 bridgehead atoms. The van der Waals surface area contributed by atoms with E-state index in [9.17, 15) is 4.79 Å². The summed E-state index contributed by atoms with van der Waals surface area (Å²) in [6, 6.07) is 0. The van der Waals surface area contributed by atoms with Gasteiger partial charge < -0.3 is 0 Å². The van der Waals surface area contributed by atoms with Crippen molar-refractivity contribution in [1.29, 1.82) is 0 Å². The Morgan fingerprint density at radius 2 is 1.93 bits per heavy atom. The van der Waals surface area contributed by atoms with Gasteiger partial charge in [-0.25, -0.2) is 0 Å². The Labute approximate surface area is 87.9 Å². The molecule has 0 aliphatic carbocycles. The van der Waals surface area contributed by atoms with Gasteiger partial charge in [-0.3, -0.25) is 4.79 Å². The quantitative estimate of drug-likeness (QED) is 0.564. The van der Waals surface area contributed by atoms with Crippen LogP contribution in [0.4, 0.5) is 0 Å². The summed E-state index contributed by atoms with van der Waals surface area (Å²) >= 11 is 0. The van der Waals surface area contributed by atoms with Gasteiger partial charge in [-0.1, -0.05) is 25.5 Å². The first kappa shape index (κ1) is 13.2. The lowest BCUT2D eigenvalue weighted by Gasteiger charge is -2.15. The van der Waals surface area contributed by atoms with Gasteiger partial charge in [-0.2, -0.15) is 0 Å². The molecule has 0 saturated heterocycles. The van der Waals surface area contributed by atoms with Crippen molar-refractivity contribution in [3.05, 3.63) is 24.8 Å². The lowest BCUT2D eigenvalue weighted by atomic mass is 9.89. The van der Waals surface area contributed by atoms with Crippen LogP contribution in [0.3, 0.4) is 0 Å². The van der Waals surface area contributed by atoms with Crippen LogP contribution < -0.4 is 0 Å². The molecule has 1 nitrogen and oxygen atoms in total. The topological polar surface area (TPSA) is 17.1 Å². The smallest absolute Gasteiger partial charge is 0.136 e. The van der Waals surface area contributed by atoms with E-state index in [4.69, 9.17) is 0 Å². The molecule has 14 heavy (non-hydrogen) atoms. The maximum Gasteiger partial charge on any atom is 0.136 e. The van der Waals surface area contributed by atoms with Crippen LogP contribution in [0.1, 0.15) is 40.0 Å². The molecule has 1 heteroatoms. The second kappa shape index (κ2) is 6.58. The molecule has 0 fully saturated rings. The van der Waals surface area contributed by atoms with Gasteiger partial charge in [-0.15, -0.1) is 13.2 Å². The van der Waals surface area contributed by atoms with Crippen molar-refractivity contribution in [3.63, 3.8) is 0 Å². The van der Waals surface area contributed by atoms with Crippen LogP contribution in [0.5, 0.6) is 0 Å². The van der Waals surface area contributed by atoms with E-state index in [1.165, 1.54) is 0 Å². The zero-order valence-electron chi connectivity index (χ0n) is 9.68. The largest absolute Gasteiger partial charge is 0.299 e. The van der Waals surface area contributed by atoms with Crippen molar-refractivity contribution < 1.29 is 4.79 Å². The average molecular weight is 194 g/mol. The van der Waals surface area contributed by atoms with Crippen LogP contribution in [0.2, 0.25) is 0 Å². The minimum Gasteiger partial charge on any atom is -0.299 e. The molecule has 0 aliphatic rings. The van der Waals surface area contributed by atoms with E-state index in [2.05, 4.69) is 27.0 Å². The summed E-state index contributed by atoms with van der Waals surface area (Å²) in [4.78, 5) is 11.8. The summed E-state index contributed by atoms with van der Waals surface area (Å²) in [5, 5.41) is 0. The van der Waals surface area contributed by atoms with E-state index in [1.807, 2.05) is 13.0 Å². The van der Waals surface area contributed by atoms with Crippen molar-refractivity contribution >= 4 is 5.78 Å². The third-order valence-corrected chi connectivity index (χ3v) is 2.11. The van der Waals surface area contributed by atoms with Crippen molar-refractivity contribution in [3.8, 4) is 0 Å². The van der Waals surface area contributed by atoms with Gasteiger partial charge >= 0.3 is 0 Å². The highest BCUT2D eigenvalue weighted by Crippen LogP contribution is 2.19. The van der Waals surface area contributed by atoms with E-state index >= 15 is 0 Å². The Bertz CT molecular complexity index is 213. The van der Waals surface area contributed by atoms with Crippen LogP contribution >= 0.6 is 0 Å². The Morgan fingerprint density at radius 3 is 2.29 bits per heavy atom. The first-order chi connectivity index (χ1) is 6.47. The Balaban J connectivity index is 4.24. The van der Waals surface area contributed by atoms with Gasteiger partial charge in [-0.05, 0) is 25.7 Å². The van der Waals surface area contributed by atoms with Gasteiger partial charge in [0.15, 0.2) is 0 Å². The SMILES string of the molecule is C=CCC(CC(=C)C)C(=O)CC(C)C. The molecule has 0 aliphatic heterocycles. The zero-order chi connectivity index (χ0) is 11.1. The zero-order valence-corrected chi connectivity index (χ0v) is 9.68. The number of hydrogen-bond donors (Lipinski definition) is 0. The van der Waals surface area contributed by atoms with Gasteiger partial charge in [0.1, 0.15) is 5.78 Å². The van der Waals surface area contributed by atoms with Crippen LogP contribution in [-0.4, -0.2) is 5.78 Å². The number of allylic oxidation sites excluding steroid dienone is 2. The fraction of sp³-hybridized carbons (Fsp3) is 0.615. The highest BCUT2D eigenvalue weighted by Gasteiger charge is 2.17. The highest BCUT2D eigenvalue weighted by molar-refractivity contribution is 5.81. The van der Waals surface area contributed by atoms with Crippen LogP contribution in [0.25, 0.3) is 0 Å². The third kappa shape index (κ3) is 5.74. The minimum atomic E-state index is 0.104. The molecular formula is C13H22O. The molecule has 0 aromatic carbocycles. The Morgan fingerprint density at radius 1 is 1.36 bits per heavy atom. The fourth-order valence-electron chi connectivity index (χ4n) is 1.52. The lowest BCUT2D eigenvalue weighted by molar-refractivity contribution is -0.123. The third-order valence-electron chi connectivity index (χ3n) is 2.11. The summed E-state index contributed by atoms with van der Waals surface area (Å²) in [7, 11) is 0. The molecule has 0 saturated carbocycles. The molecule has 80 valence electrons. The minimum absolute atomic E-state index is 0.104. The standard InChI is InChI=1S/C13H22O/c1-6-7-12(8-10(2)3)13(14)9-11(4)5/h6,11-12H,1-2,7-9H2,3-5H3. The molecule has 0 N–H and O–H groups in total. The number of carbonyl (C=O) groups excluding carboxylic acids is 1. The Hall–Kier alpha value is -0.850. The Kier molecular flexibility index (Phi) is 6.18. The van der Waals surface area contributed by atoms with Crippen molar-refractivity contribution in [1.82, 2.24) is 0 Å². The number of Topliss-reactive ketones (excluding diaryl/α,β-unsaturated/α-hetero) is 1. The van der Waals surface area contributed by atoms with E-state index in [0.29, 0.717) is 18.1 Å². The number of ketones is 1. The maximum atomic E-state index is 11.8. The van der Waals surface area contributed by atoms with Gasteiger partial charge in [0.05, 0.1) is 0 Å². The molecule has 1 atom stereocenters. The summed E-state index contributed by atoms with van der Waals surface area (Å²) < 4.78 is 0. The molecule has 0 rings (SSSR count). The first-order valence-electron chi connectivity index (χ1n) is 5.25. The molecule has 0 heterocycles. The van der Waals surface area contributed by atoms with E-state index < -0.39 is 0 Å². The summed E-state index contributed by atoms with van der Waals surface area (Å²) in [5.74, 6) is 0.898. The van der Waals surface area contributed by atoms with Crippen LogP contribution in [-0.2, 0) is 4.79 Å². The van der Waals surface area contributed by atoms with Crippen molar-refractivity contribution in [2.24, 2.45) is 11.8 Å². The second-order valence-electron chi connectivity index (χ2n) is 4.45. The number of hydrogen-bond acceptors (Lipinski definition) is 1. The van der Waals surface area contributed by atoms with Gasteiger partial charge in [0.2, 0.25) is 0 Å². The molecule has 1 unspecified atom stereocenters. The van der Waals surface area contributed by atoms with Crippen LogP contribution in [0, 0.1) is 11.8 Å². The summed E-state index contributed by atoms with van der Waals surface area (Å²) in [6.07, 6.45) is 4.08. The van der Waals surface area contributed by atoms with E-state index in [1.54, 1.807) is 0 Å². The molecular weight excluding hydrogens is 172 g/mol. The fourth-order valence-corrected chi connectivity index (χ4v) is 1.52. The molecule has 0 radical (unpaired) electrons. The van der Waals surface area contributed by atoms with Crippen molar-refractivity contribution in [2.45, 2.75) is 40.0 Å². The maximum absolute atomic E-state index is 11.8. The first-order valence-corrected chi connectivity index (χ1v) is 5.25. The molecule has 0 aromatic rings. The summed E-state index contributed by atoms with van der Waals surface area (Å²) in [5.41, 5.74) is 1.08. The molecule has 0 aromatic heterocycles. The van der Waals surface area contributed by atoms with Gasteiger partial charge in [0.25, 0.3) is 0 Å². The van der Waals surface area contributed by atoms with E-state index in [-0.39, 0.29) is 5.92 Å². The summed E-state index contributed by atoms with van der Waals surface area (Å²) in [6.45, 7) is 13.7. The lowest BCUT2D eigenvalue weighted by Crippen LogP contribution is -2.16. The number of rotatable bonds is 7. The van der Waals surface area contributed by atoms with Crippen molar-refractivity contribution in [2.75, 3.05) is 0 Å². The average Bonchev–Trinajstić information content (AvgIpc) is 2.01. The second-order valence-corrected chi connectivity index (χ2v) is 4.45. The predicted molar refractivity (Wildman–Crippen MR) is 62.2 cm³/mol. The predicted octanol–water partition coefficient (Wildman–Crippen LogP) is 3.76. The van der Waals surface area contributed by atoms with Gasteiger partial charge in [0, 0.05) is 12.3 Å². The molecule has 0 amide bonds. The highest BCUT2D eigenvalue weighted by atomic mass is 16.1. The normalized spacial score (nSPS) is 12.6. The van der Waals surface area contributed by atoms with E-state index in [0.717, 1.165) is 18.4 Å². The molecule has 0 spiro atoms. The van der Waals surface area contributed by atoms with Crippen LogP contribution in [0.15, 0.2) is 24.8 Å². The number of carbonyl (C=O) groups is 1.